The van der Waals surface area contributed by atoms with E-state index in [9.17, 15) is 0 Å². The van der Waals surface area contributed by atoms with Gasteiger partial charge in [0.2, 0.25) is 0 Å². The Balaban J connectivity index is 1.86. The molecule has 1 saturated heterocycles. The first kappa shape index (κ1) is 8.10. The van der Waals surface area contributed by atoms with Gasteiger partial charge in [-0.3, -0.25) is 4.90 Å². The Morgan fingerprint density at radius 1 is 1.50 bits per heavy atom. The number of nitrogens with one attached hydrogen (secondary N) is 1. The predicted molar refractivity (Wildman–Crippen MR) is 48.1 cm³/mol. The molecule has 5 heteroatoms. The van der Waals surface area contributed by atoms with Gasteiger partial charge < -0.3 is 5.32 Å². The number of hydrogen-bond acceptors (Lipinski definition) is 5. The minimum atomic E-state index is 0.965. The van der Waals surface area contributed by atoms with E-state index in [2.05, 4.69) is 20.4 Å². The Morgan fingerprint density at radius 2 is 2.33 bits per heavy atom. The van der Waals surface area contributed by atoms with Gasteiger partial charge in [-0.05, 0) is 0 Å². The molecule has 0 aliphatic carbocycles. The third-order valence-corrected chi connectivity index (χ3v) is 2.66. The summed E-state index contributed by atoms with van der Waals surface area (Å²) >= 11 is 1.63. The molecular weight excluding hydrogens is 172 g/mol. The van der Waals surface area contributed by atoms with Crippen LogP contribution in [-0.2, 0) is 6.54 Å². The summed E-state index contributed by atoms with van der Waals surface area (Å²) < 4.78 is 0. The van der Waals surface area contributed by atoms with E-state index in [0.29, 0.717) is 0 Å². The fraction of sp³-hybridized carbons (Fsp3) is 0.714. The average Bonchev–Trinajstić information content (AvgIpc) is 2.59. The molecule has 0 atom stereocenters. The summed E-state index contributed by atoms with van der Waals surface area (Å²) in [5.41, 5.74) is 1.79. The molecule has 1 aliphatic rings. The zero-order valence-electron chi connectivity index (χ0n) is 6.86. The summed E-state index contributed by atoms with van der Waals surface area (Å²) in [5.74, 6) is 0. The molecule has 0 aromatic carbocycles. The summed E-state index contributed by atoms with van der Waals surface area (Å²) in [4.78, 5) is 2.40. The smallest absolute Gasteiger partial charge is 0.131 e. The van der Waals surface area contributed by atoms with Crippen molar-refractivity contribution in [3.05, 3.63) is 10.5 Å². The van der Waals surface area contributed by atoms with Gasteiger partial charge in [-0.15, -0.1) is 21.5 Å². The van der Waals surface area contributed by atoms with Crippen LogP contribution in [-0.4, -0.2) is 41.3 Å². The van der Waals surface area contributed by atoms with E-state index in [0.717, 1.165) is 37.7 Å². The zero-order chi connectivity index (χ0) is 8.23. The molecule has 0 spiro atoms. The lowest BCUT2D eigenvalue weighted by atomic mass is 10.4. The molecule has 66 valence electrons. The number of rotatable bonds is 2. The second-order valence-corrected chi connectivity index (χ2v) is 3.78. The average molecular weight is 184 g/mol. The number of piperazine rings is 1. The molecular formula is C7H12N4S. The second-order valence-electron chi connectivity index (χ2n) is 2.86. The van der Waals surface area contributed by atoms with E-state index in [1.807, 2.05) is 0 Å². The number of hydrogen-bond donors (Lipinski definition) is 1. The van der Waals surface area contributed by atoms with Crippen LogP contribution in [0.5, 0.6) is 0 Å². The van der Waals surface area contributed by atoms with E-state index in [1.54, 1.807) is 16.8 Å². The van der Waals surface area contributed by atoms with E-state index in [4.69, 9.17) is 0 Å². The highest BCUT2D eigenvalue weighted by atomic mass is 32.1. The lowest BCUT2D eigenvalue weighted by Gasteiger charge is -2.25. The highest BCUT2D eigenvalue weighted by Crippen LogP contribution is 2.06. The minimum absolute atomic E-state index is 0.965. The maximum absolute atomic E-state index is 4.02. The van der Waals surface area contributed by atoms with Crippen LogP contribution < -0.4 is 5.32 Å². The van der Waals surface area contributed by atoms with Gasteiger partial charge in [0.1, 0.15) is 10.5 Å². The molecule has 1 aliphatic heterocycles. The topological polar surface area (TPSA) is 41.1 Å². The van der Waals surface area contributed by atoms with E-state index < -0.39 is 0 Å². The van der Waals surface area contributed by atoms with Gasteiger partial charge in [-0.25, -0.2) is 0 Å². The molecule has 2 heterocycles. The van der Waals surface area contributed by atoms with Gasteiger partial charge in [0.05, 0.1) is 6.54 Å². The first-order chi connectivity index (χ1) is 5.95. The quantitative estimate of drug-likeness (QED) is 0.699. The molecule has 0 saturated carbocycles. The lowest BCUT2D eigenvalue weighted by molar-refractivity contribution is 0.232. The monoisotopic (exact) mass is 184 g/mol. The first-order valence-corrected chi connectivity index (χ1v) is 5.01. The summed E-state index contributed by atoms with van der Waals surface area (Å²) in [7, 11) is 0. The normalized spacial score (nSPS) is 19.7. The van der Waals surface area contributed by atoms with Gasteiger partial charge >= 0.3 is 0 Å². The van der Waals surface area contributed by atoms with Gasteiger partial charge in [0.25, 0.3) is 0 Å². The molecule has 2 rings (SSSR count). The van der Waals surface area contributed by atoms with Crippen molar-refractivity contribution in [2.24, 2.45) is 0 Å². The molecule has 1 N–H and O–H groups in total. The van der Waals surface area contributed by atoms with Crippen molar-refractivity contribution in [3.8, 4) is 0 Å². The van der Waals surface area contributed by atoms with Crippen molar-refractivity contribution in [3.63, 3.8) is 0 Å². The van der Waals surface area contributed by atoms with Crippen molar-refractivity contribution >= 4 is 11.3 Å². The first-order valence-electron chi connectivity index (χ1n) is 4.13. The van der Waals surface area contributed by atoms with E-state index >= 15 is 0 Å². The van der Waals surface area contributed by atoms with Crippen molar-refractivity contribution in [1.29, 1.82) is 0 Å². The Hall–Kier alpha value is -0.520. The standard InChI is InChI=1S/C7H12N4S/c1-3-11(4-2-8-1)5-7-10-9-6-12-7/h6,8H,1-5H2. The second kappa shape index (κ2) is 3.93. The van der Waals surface area contributed by atoms with Gasteiger partial charge in [-0.2, -0.15) is 0 Å². The largest absolute Gasteiger partial charge is 0.314 e. The summed E-state index contributed by atoms with van der Waals surface area (Å²) in [6.45, 7) is 5.41. The SMILES string of the molecule is c1nnc(CN2CCNCC2)s1. The van der Waals surface area contributed by atoms with Crippen LogP contribution >= 0.6 is 11.3 Å². The Kier molecular flexibility index (Phi) is 2.65. The van der Waals surface area contributed by atoms with Gasteiger partial charge in [0.15, 0.2) is 0 Å². The molecule has 0 amide bonds. The molecule has 1 fully saturated rings. The summed E-state index contributed by atoms with van der Waals surface area (Å²) in [6.07, 6.45) is 0. The Morgan fingerprint density at radius 3 is 3.00 bits per heavy atom. The molecule has 4 nitrogen and oxygen atoms in total. The van der Waals surface area contributed by atoms with Crippen LogP contribution in [0.3, 0.4) is 0 Å². The molecule has 1 aromatic rings. The Labute approximate surface area is 75.6 Å². The maximum Gasteiger partial charge on any atom is 0.131 e. The van der Waals surface area contributed by atoms with Crippen LogP contribution in [0.25, 0.3) is 0 Å². The fourth-order valence-electron chi connectivity index (χ4n) is 1.33. The van der Waals surface area contributed by atoms with Crippen molar-refractivity contribution in [2.45, 2.75) is 6.54 Å². The van der Waals surface area contributed by atoms with Crippen LogP contribution in [0.15, 0.2) is 5.51 Å². The molecule has 1 aromatic heterocycles. The lowest BCUT2D eigenvalue weighted by Crippen LogP contribution is -2.42. The van der Waals surface area contributed by atoms with Crippen molar-refractivity contribution in [1.82, 2.24) is 20.4 Å². The fourth-order valence-corrected chi connectivity index (χ4v) is 1.89. The third kappa shape index (κ3) is 2.00. The third-order valence-electron chi connectivity index (χ3n) is 1.97. The minimum Gasteiger partial charge on any atom is -0.314 e. The summed E-state index contributed by atoms with van der Waals surface area (Å²) in [6, 6.07) is 0. The van der Waals surface area contributed by atoms with Crippen LogP contribution in [0.4, 0.5) is 0 Å². The van der Waals surface area contributed by atoms with Crippen LogP contribution in [0, 0.1) is 0 Å². The predicted octanol–water partition coefficient (Wildman–Crippen LogP) is -0.0567. The number of nitrogens with zero attached hydrogens (tertiary/aromatic N) is 3. The van der Waals surface area contributed by atoms with E-state index in [-0.39, 0.29) is 0 Å². The van der Waals surface area contributed by atoms with Crippen LogP contribution in [0.2, 0.25) is 0 Å². The highest BCUT2D eigenvalue weighted by molar-refractivity contribution is 7.09. The molecule has 0 radical (unpaired) electrons. The van der Waals surface area contributed by atoms with Crippen molar-refractivity contribution in [2.75, 3.05) is 26.2 Å². The summed E-state index contributed by atoms with van der Waals surface area (Å²) in [5, 5.41) is 12.3. The molecule has 0 bridgehead atoms. The van der Waals surface area contributed by atoms with E-state index in [1.165, 1.54) is 0 Å². The highest BCUT2D eigenvalue weighted by Gasteiger charge is 2.10. The van der Waals surface area contributed by atoms with Crippen LogP contribution in [0.1, 0.15) is 5.01 Å². The maximum atomic E-state index is 4.02. The molecule has 12 heavy (non-hydrogen) atoms. The van der Waals surface area contributed by atoms with Gasteiger partial charge in [0, 0.05) is 26.2 Å². The molecule has 0 unspecified atom stereocenters. The van der Waals surface area contributed by atoms with Gasteiger partial charge in [-0.1, -0.05) is 0 Å². The van der Waals surface area contributed by atoms with Crippen molar-refractivity contribution < 1.29 is 0 Å². The number of aromatic nitrogens is 2. The zero-order valence-corrected chi connectivity index (χ0v) is 7.68. The Bertz CT molecular complexity index is 217.